The predicted octanol–water partition coefficient (Wildman–Crippen LogP) is 2.94. The van der Waals surface area contributed by atoms with Crippen LogP contribution in [0.1, 0.15) is 24.2 Å². The maximum Gasteiger partial charge on any atom is 0.132 e. The highest BCUT2D eigenvalue weighted by Gasteiger charge is 2.14. The predicted molar refractivity (Wildman–Crippen MR) is 65.9 cm³/mol. The smallest absolute Gasteiger partial charge is 0.132 e. The summed E-state index contributed by atoms with van der Waals surface area (Å²) in [6, 6.07) is 6.08. The van der Waals surface area contributed by atoms with E-state index in [2.05, 4.69) is 9.55 Å². The van der Waals surface area contributed by atoms with Crippen LogP contribution in [0.25, 0.3) is 0 Å². The first kappa shape index (κ1) is 11.3. The van der Waals surface area contributed by atoms with Gasteiger partial charge in [0.25, 0.3) is 0 Å². The van der Waals surface area contributed by atoms with E-state index in [1.165, 1.54) is 30.7 Å². The molecule has 0 bridgehead atoms. The summed E-state index contributed by atoms with van der Waals surface area (Å²) in [5, 5.41) is 0. The Kier molecular flexibility index (Phi) is 3.00. The van der Waals surface area contributed by atoms with Crippen molar-refractivity contribution in [2.45, 2.75) is 32.4 Å². The van der Waals surface area contributed by atoms with Gasteiger partial charge in [-0.1, -0.05) is 0 Å². The van der Waals surface area contributed by atoms with Gasteiger partial charge in [0.2, 0.25) is 0 Å². The molecule has 2 aromatic rings. The van der Waals surface area contributed by atoms with E-state index in [9.17, 15) is 4.39 Å². The van der Waals surface area contributed by atoms with Gasteiger partial charge in [-0.3, -0.25) is 0 Å². The highest BCUT2D eigenvalue weighted by molar-refractivity contribution is 5.23. The molecule has 4 heteroatoms. The van der Waals surface area contributed by atoms with Crippen molar-refractivity contribution in [3.63, 3.8) is 0 Å². The molecule has 1 aliphatic heterocycles. The van der Waals surface area contributed by atoms with Crippen molar-refractivity contribution in [2.75, 3.05) is 0 Å². The molecule has 0 saturated carbocycles. The first-order chi connectivity index (χ1) is 8.83. The van der Waals surface area contributed by atoms with Gasteiger partial charge in [0.15, 0.2) is 0 Å². The standard InChI is InChI=1S/C14H15FN2O/c15-11-4-6-12(7-5-11)18-9-13-14-3-1-2-8-17(14)10-16-13/h4-7,10H,1-3,8-9H2. The van der Waals surface area contributed by atoms with Crippen molar-refractivity contribution in [2.24, 2.45) is 0 Å². The van der Waals surface area contributed by atoms with Crippen LogP contribution in [0.4, 0.5) is 4.39 Å². The third-order valence-corrected chi connectivity index (χ3v) is 3.28. The van der Waals surface area contributed by atoms with Crippen LogP contribution in [0.15, 0.2) is 30.6 Å². The van der Waals surface area contributed by atoms with Crippen molar-refractivity contribution in [1.29, 1.82) is 0 Å². The molecule has 0 N–H and O–H groups in total. The molecular weight excluding hydrogens is 231 g/mol. The van der Waals surface area contributed by atoms with Crippen LogP contribution in [0.5, 0.6) is 5.75 Å². The molecule has 0 aliphatic carbocycles. The molecule has 1 aromatic heterocycles. The molecule has 1 aliphatic rings. The molecule has 1 aromatic carbocycles. The number of aromatic nitrogens is 2. The fourth-order valence-electron chi connectivity index (χ4n) is 2.31. The number of halogens is 1. The lowest BCUT2D eigenvalue weighted by atomic mass is 10.1. The van der Waals surface area contributed by atoms with Gasteiger partial charge in [-0.05, 0) is 43.5 Å². The minimum Gasteiger partial charge on any atom is -0.487 e. The molecular formula is C14H15FN2O. The zero-order valence-electron chi connectivity index (χ0n) is 10.1. The van der Waals surface area contributed by atoms with Crippen molar-refractivity contribution in [3.8, 4) is 5.75 Å². The molecule has 0 amide bonds. The summed E-state index contributed by atoms with van der Waals surface area (Å²) in [7, 11) is 0. The second kappa shape index (κ2) is 4.80. The van der Waals surface area contributed by atoms with Crippen LogP contribution in [-0.2, 0) is 19.6 Å². The third-order valence-electron chi connectivity index (χ3n) is 3.28. The second-order valence-corrected chi connectivity index (χ2v) is 4.53. The summed E-state index contributed by atoms with van der Waals surface area (Å²) >= 11 is 0. The van der Waals surface area contributed by atoms with E-state index in [0.29, 0.717) is 12.4 Å². The zero-order valence-corrected chi connectivity index (χ0v) is 10.1. The number of fused-ring (bicyclic) bond motifs is 1. The maximum atomic E-state index is 12.8. The molecule has 3 rings (SSSR count). The molecule has 18 heavy (non-hydrogen) atoms. The lowest BCUT2D eigenvalue weighted by Gasteiger charge is -2.15. The fraction of sp³-hybridized carbons (Fsp3) is 0.357. The van der Waals surface area contributed by atoms with Gasteiger partial charge in [-0.2, -0.15) is 0 Å². The van der Waals surface area contributed by atoms with E-state index in [1.807, 2.05) is 6.33 Å². The molecule has 3 nitrogen and oxygen atoms in total. The van der Waals surface area contributed by atoms with Crippen molar-refractivity contribution in [1.82, 2.24) is 9.55 Å². The quantitative estimate of drug-likeness (QED) is 0.832. The fourth-order valence-corrected chi connectivity index (χ4v) is 2.31. The van der Waals surface area contributed by atoms with Crippen LogP contribution in [-0.4, -0.2) is 9.55 Å². The Morgan fingerprint density at radius 3 is 2.89 bits per heavy atom. The molecule has 0 spiro atoms. The lowest BCUT2D eigenvalue weighted by molar-refractivity contribution is 0.299. The highest BCUT2D eigenvalue weighted by atomic mass is 19.1. The lowest BCUT2D eigenvalue weighted by Crippen LogP contribution is -2.11. The molecule has 94 valence electrons. The van der Waals surface area contributed by atoms with Gasteiger partial charge in [0, 0.05) is 12.2 Å². The van der Waals surface area contributed by atoms with Crippen molar-refractivity contribution in [3.05, 3.63) is 47.8 Å². The summed E-state index contributed by atoms with van der Waals surface area (Å²) in [5.41, 5.74) is 2.28. The van der Waals surface area contributed by atoms with Crippen LogP contribution in [0, 0.1) is 5.82 Å². The number of rotatable bonds is 3. The second-order valence-electron chi connectivity index (χ2n) is 4.53. The number of imidazole rings is 1. The van der Waals surface area contributed by atoms with Gasteiger partial charge in [-0.15, -0.1) is 0 Å². The Bertz CT molecular complexity index is 533. The average Bonchev–Trinajstić information content (AvgIpc) is 2.82. The minimum absolute atomic E-state index is 0.248. The number of aryl methyl sites for hydroxylation is 1. The van der Waals surface area contributed by atoms with Crippen LogP contribution >= 0.6 is 0 Å². The van der Waals surface area contributed by atoms with E-state index in [4.69, 9.17) is 4.74 Å². The molecule has 0 atom stereocenters. The monoisotopic (exact) mass is 246 g/mol. The molecule has 0 saturated heterocycles. The van der Waals surface area contributed by atoms with Crippen LogP contribution in [0.3, 0.4) is 0 Å². The number of hydrogen-bond donors (Lipinski definition) is 0. The van der Waals surface area contributed by atoms with Crippen LogP contribution < -0.4 is 4.74 Å². The molecule has 0 fully saturated rings. The normalized spacial score (nSPS) is 14.3. The van der Waals surface area contributed by atoms with Crippen LogP contribution in [0.2, 0.25) is 0 Å². The Labute approximate surface area is 105 Å². The summed E-state index contributed by atoms with van der Waals surface area (Å²) < 4.78 is 20.6. The first-order valence-corrected chi connectivity index (χ1v) is 6.24. The van der Waals surface area contributed by atoms with E-state index >= 15 is 0 Å². The summed E-state index contributed by atoms with van der Waals surface area (Å²) in [6.45, 7) is 1.51. The van der Waals surface area contributed by atoms with E-state index in [-0.39, 0.29) is 5.82 Å². The Balaban J connectivity index is 1.70. The Morgan fingerprint density at radius 1 is 1.22 bits per heavy atom. The number of benzene rings is 1. The highest BCUT2D eigenvalue weighted by Crippen LogP contribution is 2.19. The topological polar surface area (TPSA) is 27.1 Å². The molecule has 2 heterocycles. The van der Waals surface area contributed by atoms with Crippen molar-refractivity contribution < 1.29 is 9.13 Å². The summed E-state index contributed by atoms with van der Waals surface area (Å²) in [4.78, 5) is 4.39. The van der Waals surface area contributed by atoms with Gasteiger partial charge < -0.3 is 9.30 Å². The Hall–Kier alpha value is -1.84. The van der Waals surface area contributed by atoms with Gasteiger partial charge in [-0.25, -0.2) is 9.37 Å². The summed E-state index contributed by atoms with van der Waals surface area (Å²) in [5.74, 6) is 0.427. The zero-order chi connectivity index (χ0) is 12.4. The van der Waals surface area contributed by atoms with Crippen molar-refractivity contribution >= 4 is 0 Å². The first-order valence-electron chi connectivity index (χ1n) is 6.24. The van der Waals surface area contributed by atoms with Gasteiger partial charge in [0.1, 0.15) is 18.2 Å². The maximum absolute atomic E-state index is 12.8. The SMILES string of the molecule is Fc1ccc(OCc2ncn3c2CCCC3)cc1. The van der Waals surface area contributed by atoms with E-state index < -0.39 is 0 Å². The third kappa shape index (κ3) is 2.23. The van der Waals surface area contributed by atoms with E-state index in [0.717, 1.165) is 18.7 Å². The summed E-state index contributed by atoms with van der Waals surface area (Å²) in [6.07, 6.45) is 5.40. The Morgan fingerprint density at radius 2 is 2.06 bits per heavy atom. The number of ether oxygens (including phenoxy) is 1. The van der Waals surface area contributed by atoms with Gasteiger partial charge in [0.05, 0.1) is 12.0 Å². The number of hydrogen-bond acceptors (Lipinski definition) is 2. The molecule has 0 radical (unpaired) electrons. The number of nitrogens with zero attached hydrogens (tertiary/aromatic N) is 2. The van der Waals surface area contributed by atoms with Gasteiger partial charge >= 0.3 is 0 Å². The van der Waals surface area contributed by atoms with E-state index in [1.54, 1.807) is 12.1 Å². The average molecular weight is 246 g/mol. The molecule has 0 unspecified atom stereocenters. The minimum atomic E-state index is -0.248. The largest absolute Gasteiger partial charge is 0.487 e.